The lowest BCUT2D eigenvalue weighted by Gasteiger charge is -2.36. The third-order valence-corrected chi connectivity index (χ3v) is 11.2. The Morgan fingerprint density at radius 3 is 2.33 bits per heavy atom. The first-order valence-corrected chi connectivity index (χ1v) is 14.3. The van der Waals surface area contributed by atoms with E-state index in [9.17, 15) is 13.0 Å². The second-order valence-electron chi connectivity index (χ2n) is 9.20. The molecule has 0 radical (unpaired) electrons. The van der Waals surface area contributed by atoms with Crippen LogP contribution in [0.1, 0.15) is 64.5 Å². The molecule has 0 saturated heterocycles. The minimum atomic E-state index is -4.19. The van der Waals surface area contributed by atoms with Crippen molar-refractivity contribution in [3.05, 3.63) is 29.3 Å². The minimum Gasteiger partial charge on any atom is -0.417 e. The van der Waals surface area contributed by atoms with Crippen LogP contribution in [0.5, 0.6) is 0 Å². The van der Waals surface area contributed by atoms with E-state index >= 15 is 0 Å². The Kier molecular flexibility index (Phi) is 8.73. The lowest BCUT2D eigenvalue weighted by Crippen LogP contribution is -2.41. The zero-order valence-electron chi connectivity index (χ0n) is 18.1. The molecule has 0 aliphatic rings. The van der Waals surface area contributed by atoms with Gasteiger partial charge in [0.2, 0.25) is 0 Å². The molecule has 0 aliphatic heterocycles. The van der Waals surface area contributed by atoms with Crippen LogP contribution in [-0.4, -0.2) is 27.9 Å². The van der Waals surface area contributed by atoms with E-state index in [2.05, 4.69) is 40.8 Å². The zero-order valence-corrected chi connectivity index (χ0v) is 19.9. The maximum absolute atomic E-state index is 11.7. The number of aryl methyl sites for hydroxylation is 1. The third kappa shape index (κ3) is 7.68. The van der Waals surface area contributed by atoms with Gasteiger partial charge in [0, 0.05) is 6.61 Å². The van der Waals surface area contributed by atoms with Gasteiger partial charge in [0.15, 0.2) is 8.32 Å². The van der Waals surface area contributed by atoms with Crippen LogP contribution < -0.4 is 0 Å². The summed E-state index contributed by atoms with van der Waals surface area (Å²) in [4.78, 5) is 0.0479. The van der Waals surface area contributed by atoms with E-state index in [0.717, 1.165) is 43.4 Å². The molecule has 1 aromatic rings. The van der Waals surface area contributed by atoms with Crippen LogP contribution in [0.25, 0.3) is 0 Å². The average molecular weight is 415 g/mol. The van der Waals surface area contributed by atoms with Crippen LogP contribution >= 0.6 is 0 Å². The van der Waals surface area contributed by atoms with Crippen LogP contribution in [0.15, 0.2) is 23.1 Å². The molecule has 0 saturated carbocycles. The number of hydrogen-bond acceptors (Lipinski definition) is 3. The van der Waals surface area contributed by atoms with Gasteiger partial charge in [-0.15, -0.1) is 0 Å². The summed E-state index contributed by atoms with van der Waals surface area (Å²) in [6.07, 6.45) is 4.75. The Labute approximate surface area is 167 Å². The first kappa shape index (κ1) is 24.3. The molecule has 1 rings (SSSR count). The Morgan fingerprint density at radius 1 is 1.19 bits per heavy atom. The lowest BCUT2D eigenvalue weighted by atomic mass is 9.90. The van der Waals surface area contributed by atoms with Gasteiger partial charge in [0.25, 0.3) is 10.1 Å². The fourth-order valence-electron chi connectivity index (χ4n) is 3.10. The molecule has 0 spiro atoms. The first-order chi connectivity index (χ1) is 12.3. The fraction of sp³-hybridized carbons (Fsp3) is 0.714. The highest BCUT2D eigenvalue weighted by Crippen LogP contribution is 2.36. The van der Waals surface area contributed by atoms with Gasteiger partial charge in [-0.2, -0.15) is 8.42 Å². The van der Waals surface area contributed by atoms with Crippen molar-refractivity contribution in [1.29, 1.82) is 0 Å². The standard InChI is InChI=1S/C21H38O4SSi/c1-8-10-18(11-9-14-25-27(6,7)21(3,4)5)16-19-15-17(2)12-13-20(19)26(22,23)24/h12-13,15,18H,8-11,14,16H2,1-7H3,(H,22,23,24)/t18-/m1/s1. The van der Waals surface area contributed by atoms with Crippen molar-refractivity contribution in [2.75, 3.05) is 6.61 Å². The normalized spacial score (nSPS) is 14.4. The number of rotatable bonds is 10. The smallest absolute Gasteiger partial charge is 0.294 e. The summed E-state index contributed by atoms with van der Waals surface area (Å²) >= 11 is 0. The fourth-order valence-corrected chi connectivity index (χ4v) is 4.90. The van der Waals surface area contributed by atoms with E-state index in [4.69, 9.17) is 4.43 Å². The van der Waals surface area contributed by atoms with E-state index < -0.39 is 18.4 Å². The largest absolute Gasteiger partial charge is 0.417 e. The number of hydrogen-bond donors (Lipinski definition) is 1. The summed E-state index contributed by atoms with van der Waals surface area (Å²) in [5, 5.41) is 0.210. The van der Waals surface area contributed by atoms with Crippen molar-refractivity contribution >= 4 is 18.4 Å². The molecule has 0 aliphatic carbocycles. The molecule has 156 valence electrons. The van der Waals surface area contributed by atoms with E-state index in [1.54, 1.807) is 6.07 Å². The molecule has 0 aromatic heterocycles. The van der Waals surface area contributed by atoms with Crippen molar-refractivity contribution in [3.63, 3.8) is 0 Å². The number of benzene rings is 1. The SMILES string of the molecule is CCC[C@H](CCCO[Si](C)(C)C(C)(C)C)Cc1cc(C)ccc1S(=O)(=O)O. The molecule has 0 amide bonds. The molecule has 1 atom stereocenters. The van der Waals surface area contributed by atoms with Crippen molar-refractivity contribution < 1.29 is 17.4 Å². The Morgan fingerprint density at radius 2 is 1.81 bits per heavy atom. The molecule has 4 nitrogen and oxygen atoms in total. The highest BCUT2D eigenvalue weighted by molar-refractivity contribution is 7.85. The summed E-state index contributed by atoms with van der Waals surface area (Å²) in [6, 6.07) is 5.13. The second kappa shape index (κ2) is 9.68. The topological polar surface area (TPSA) is 63.6 Å². The molecule has 6 heteroatoms. The second-order valence-corrected chi connectivity index (χ2v) is 15.4. The molecule has 1 N–H and O–H groups in total. The molecular formula is C21H38O4SSi. The molecule has 1 aromatic carbocycles. The van der Waals surface area contributed by atoms with Gasteiger partial charge in [-0.25, -0.2) is 0 Å². The van der Waals surface area contributed by atoms with Gasteiger partial charge in [-0.1, -0.05) is 58.2 Å². The Balaban J connectivity index is 2.77. The Hall–Kier alpha value is -0.693. The van der Waals surface area contributed by atoms with E-state index in [0.29, 0.717) is 12.3 Å². The molecule has 0 unspecified atom stereocenters. The summed E-state index contributed by atoms with van der Waals surface area (Å²) < 4.78 is 39.2. The van der Waals surface area contributed by atoms with Crippen molar-refractivity contribution in [1.82, 2.24) is 0 Å². The van der Waals surface area contributed by atoms with E-state index in [-0.39, 0.29) is 9.93 Å². The quantitative estimate of drug-likeness (QED) is 0.289. The summed E-state index contributed by atoms with van der Waals surface area (Å²) in [5.41, 5.74) is 1.73. The van der Waals surface area contributed by atoms with Gasteiger partial charge in [0.05, 0.1) is 4.90 Å². The first-order valence-electron chi connectivity index (χ1n) is 9.99. The van der Waals surface area contributed by atoms with Gasteiger partial charge in [-0.05, 0) is 61.9 Å². The van der Waals surface area contributed by atoms with Crippen LogP contribution in [-0.2, 0) is 21.0 Å². The van der Waals surface area contributed by atoms with Gasteiger partial charge < -0.3 is 4.43 Å². The van der Waals surface area contributed by atoms with E-state index in [1.165, 1.54) is 6.07 Å². The Bertz CT molecular complexity index is 705. The third-order valence-electron chi connectivity index (χ3n) is 5.73. The summed E-state index contributed by atoms with van der Waals surface area (Å²) in [6.45, 7) is 16.1. The van der Waals surface area contributed by atoms with Gasteiger partial charge >= 0.3 is 0 Å². The molecule has 27 heavy (non-hydrogen) atoms. The van der Waals surface area contributed by atoms with Crippen LogP contribution in [0.4, 0.5) is 0 Å². The van der Waals surface area contributed by atoms with Crippen LogP contribution in [0.3, 0.4) is 0 Å². The zero-order chi connectivity index (χ0) is 20.9. The summed E-state index contributed by atoms with van der Waals surface area (Å²) in [5.74, 6) is 0.389. The minimum absolute atomic E-state index is 0.0479. The van der Waals surface area contributed by atoms with Crippen molar-refractivity contribution in [2.45, 2.75) is 89.8 Å². The lowest BCUT2D eigenvalue weighted by molar-refractivity contribution is 0.264. The molecule has 0 bridgehead atoms. The highest BCUT2D eigenvalue weighted by atomic mass is 32.2. The maximum Gasteiger partial charge on any atom is 0.294 e. The van der Waals surface area contributed by atoms with E-state index in [1.807, 2.05) is 13.0 Å². The van der Waals surface area contributed by atoms with Crippen molar-refractivity contribution in [2.24, 2.45) is 5.92 Å². The molecule has 0 fully saturated rings. The monoisotopic (exact) mass is 414 g/mol. The van der Waals surface area contributed by atoms with Gasteiger partial charge in [-0.3, -0.25) is 4.55 Å². The van der Waals surface area contributed by atoms with Crippen LogP contribution in [0, 0.1) is 12.8 Å². The van der Waals surface area contributed by atoms with Gasteiger partial charge in [0.1, 0.15) is 0 Å². The molecular weight excluding hydrogens is 376 g/mol. The maximum atomic E-state index is 11.7. The molecule has 0 heterocycles. The predicted octanol–water partition coefficient (Wildman–Crippen LogP) is 6.00. The predicted molar refractivity (Wildman–Crippen MR) is 115 cm³/mol. The summed E-state index contributed by atoms with van der Waals surface area (Å²) in [7, 11) is -5.91. The highest BCUT2D eigenvalue weighted by Gasteiger charge is 2.36. The average Bonchev–Trinajstić information content (AvgIpc) is 2.49. The van der Waals surface area contributed by atoms with Crippen LogP contribution in [0.2, 0.25) is 18.1 Å². The van der Waals surface area contributed by atoms with Crippen molar-refractivity contribution in [3.8, 4) is 0 Å².